The number of unbranched alkanes of at least 4 members (excludes halogenated alkanes) is 2. The summed E-state index contributed by atoms with van der Waals surface area (Å²) in [6, 6.07) is 0. The number of hydrogen-bond acceptors (Lipinski definition) is 2. The van der Waals surface area contributed by atoms with Gasteiger partial charge in [0.15, 0.2) is 0 Å². The van der Waals surface area contributed by atoms with Gasteiger partial charge in [0.1, 0.15) is 0 Å². The largest absolute Gasteiger partial charge is 0.353 e. The first-order chi connectivity index (χ1) is 8.09. The van der Waals surface area contributed by atoms with Crippen LogP contribution in [0.5, 0.6) is 0 Å². The fourth-order valence-corrected chi connectivity index (χ4v) is 1.04. The molecule has 0 aromatic rings. The van der Waals surface area contributed by atoms with E-state index in [9.17, 15) is 4.79 Å². The standard InChI is InChI=1S/C8H19N.C6H11NO/c1-3-5-7-9-8-6-4-2;1-4-7-6(8)5(2)3/h9H,3-8H2,1-2H3;2,4H2,1,3H3,(H,7,8). The van der Waals surface area contributed by atoms with E-state index in [4.69, 9.17) is 0 Å². The summed E-state index contributed by atoms with van der Waals surface area (Å²) < 4.78 is 0. The van der Waals surface area contributed by atoms with Crippen LogP contribution >= 0.6 is 0 Å². The maximum atomic E-state index is 10.5. The van der Waals surface area contributed by atoms with E-state index < -0.39 is 0 Å². The van der Waals surface area contributed by atoms with Crippen molar-refractivity contribution in [2.75, 3.05) is 19.6 Å². The molecule has 0 aromatic heterocycles. The Labute approximate surface area is 107 Å². The minimum atomic E-state index is -0.0625. The highest BCUT2D eigenvalue weighted by atomic mass is 16.1. The number of hydrogen-bond donors (Lipinski definition) is 2. The number of carbonyl (C=O) groups excluding carboxylic acids is 1. The highest BCUT2D eigenvalue weighted by molar-refractivity contribution is 5.91. The van der Waals surface area contributed by atoms with Gasteiger partial charge in [-0.1, -0.05) is 33.3 Å². The topological polar surface area (TPSA) is 41.1 Å². The number of amides is 1. The summed E-state index contributed by atoms with van der Waals surface area (Å²) in [5, 5.41) is 5.99. The van der Waals surface area contributed by atoms with Crippen LogP contribution in [0.3, 0.4) is 0 Å². The Hall–Kier alpha value is -0.830. The molecule has 1 amide bonds. The maximum absolute atomic E-state index is 10.5. The van der Waals surface area contributed by atoms with E-state index in [1.165, 1.54) is 38.8 Å². The lowest BCUT2D eigenvalue weighted by molar-refractivity contribution is -0.117. The third kappa shape index (κ3) is 17.8. The molecule has 3 heteroatoms. The van der Waals surface area contributed by atoms with Crippen molar-refractivity contribution in [2.24, 2.45) is 0 Å². The van der Waals surface area contributed by atoms with Crippen LogP contribution in [0.4, 0.5) is 0 Å². The van der Waals surface area contributed by atoms with E-state index in [1.807, 2.05) is 6.92 Å². The Morgan fingerprint density at radius 3 is 1.76 bits per heavy atom. The van der Waals surface area contributed by atoms with Gasteiger partial charge in [-0.15, -0.1) is 0 Å². The molecule has 102 valence electrons. The molecule has 0 unspecified atom stereocenters. The molecule has 17 heavy (non-hydrogen) atoms. The van der Waals surface area contributed by atoms with Gasteiger partial charge >= 0.3 is 0 Å². The van der Waals surface area contributed by atoms with E-state index in [0.29, 0.717) is 12.1 Å². The highest BCUT2D eigenvalue weighted by Crippen LogP contribution is 1.85. The second-order valence-electron chi connectivity index (χ2n) is 4.10. The first kappa shape index (κ1) is 18.5. The van der Waals surface area contributed by atoms with Crippen molar-refractivity contribution in [3.63, 3.8) is 0 Å². The molecule has 0 spiro atoms. The molecule has 0 aliphatic rings. The first-order valence-electron chi connectivity index (χ1n) is 6.74. The SMILES string of the molecule is C=C(C)C(=O)NCC.CCCCNCCCC. The molecular weight excluding hydrogens is 212 g/mol. The Bertz CT molecular complexity index is 185. The second-order valence-corrected chi connectivity index (χ2v) is 4.10. The van der Waals surface area contributed by atoms with Crippen molar-refractivity contribution in [3.8, 4) is 0 Å². The smallest absolute Gasteiger partial charge is 0.246 e. The first-order valence-corrected chi connectivity index (χ1v) is 6.74. The molecular formula is C14H30N2O. The summed E-state index contributed by atoms with van der Waals surface area (Å²) in [7, 11) is 0. The van der Waals surface area contributed by atoms with Crippen molar-refractivity contribution in [2.45, 2.75) is 53.4 Å². The van der Waals surface area contributed by atoms with Crippen molar-refractivity contribution in [1.29, 1.82) is 0 Å². The molecule has 0 aliphatic heterocycles. The van der Waals surface area contributed by atoms with Crippen LogP contribution in [-0.4, -0.2) is 25.5 Å². The minimum absolute atomic E-state index is 0.0625. The molecule has 0 radical (unpaired) electrons. The second kappa shape index (κ2) is 15.2. The molecule has 3 nitrogen and oxygen atoms in total. The molecule has 0 aliphatic carbocycles. The Kier molecular flexibility index (Phi) is 16.5. The monoisotopic (exact) mass is 242 g/mol. The summed E-state index contributed by atoms with van der Waals surface area (Å²) in [5.41, 5.74) is 0.562. The Morgan fingerprint density at radius 2 is 1.53 bits per heavy atom. The van der Waals surface area contributed by atoms with Gasteiger partial charge in [0, 0.05) is 12.1 Å². The van der Waals surface area contributed by atoms with Crippen LogP contribution in [0.1, 0.15) is 53.4 Å². The van der Waals surface area contributed by atoms with Gasteiger partial charge in [-0.3, -0.25) is 4.79 Å². The van der Waals surface area contributed by atoms with E-state index >= 15 is 0 Å². The van der Waals surface area contributed by atoms with E-state index in [-0.39, 0.29) is 5.91 Å². The van der Waals surface area contributed by atoms with Crippen molar-refractivity contribution < 1.29 is 4.79 Å². The highest BCUT2D eigenvalue weighted by Gasteiger charge is 1.95. The van der Waals surface area contributed by atoms with Crippen LogP contribution in [-0.2, 0) is 4.79 Å². The van der Waals surface area contributed by atoms with Crippen LogP contribution < -0.4 is 10.6 Å². The summed E-state index contributed by atoms with van der Waals surface area (Å²) in [6.07, 6.45) is 5.26. The zero-order valence-corrected chi connectivity index (χ0v) is 12.1. The predicted octanol–water partition coefficient (Wildman–Crippen LogP) is 2.87. The lowest BCUT2D eigenvalue weighted by atomic mass is 10.3. The van der Waals surface area contributed by atoms with Crippen molar-refractivity contribution in [1.82, 2.24) is 10.6 Å². The molecule has 0 aromatic carbocycles. The van der Waals surface area contributed by atoms with Crippen LogP contribution in [0.25, 0.3) is 0 Å². The molecule has 0 bridgehead atoms. The average Bonchev–Trinajstić information content (AvgIpc) is 2.30. The molecule has 0 fully saturated rings. The summed E-state index contributed by atoms with van der Waals surface area (Å²) >= 11 is 0. The Balaban J connectivity index is 0. The van der Waals surface area contributed by atoms with Gasteiger partial charge in [-0.2, -0.15) is 0 Å². The van der Waals surface area contributed by atoms with E-state index in [1.54, 1.807) is 6.92 Å². The molecule has 0 heterocycles. The third-order valence-electron chi connectivity index (χ3n) is 2.14. The molecule has 0 saturated heterocycles. The lowest BCUT2D eigenvalue weighted by Gasteiger charge is -1.99. The third-order valence-corrected chi connectivity index (χ3v) is 2.14. The van der Waals surface area contributed by atoms with Gasteiger partial charge in [-0.05, 0) is 39.8 Å². The molecule has 0 atom stereocenters. The van der Waals surface area contributed by atoms with Gasteiger partial charge in [0.25, 0.3) is 0 Å². The van der Waals surface area contributed by atoms with Gasteiger partial charge < -0.3 is 10.6 Å². The van der Waals surface area contributed by atoms with E-state index in [0.717, 1.165) is 0 Å². The quantitative estimate of drug-likeness (QED) is 0.507. The van der Waals surface area contributed by atoms with Crippen molar-refractivity contribution in [3.05, 3.63) is 12.2 Å². The lowest BCUT2D eigenvalue weighted by Crippen LogP contribution is -2.22. The minimum Gasteiger partial charge on any atom is -0.353 e. The fourth-order valence-electron chi connectivity index (χ4n) is 1.04. The van der Waals surface area contributed by atoms with Gasteiger partial charge in [0.2, 0.25) is 5.91 Å². The zero-order valence-electron chi connectivity index (χ0n) is 12.1. The van der Waals surface area contributed by atoms with Crippen LogP contribution in [0.2, 0.25) is 0 Å². The van der Waals surface area contributed by atoms with Crippen LogP contribution in [0.15, 0.2) is 12.2 Å². The molecule has 0 rings (SSSR count). The van der Waals surface area contributed by atoms with Gasteiger partial charge in [-0.25, -0.2) is 0 Å². The number of nitrogens with one attached hydrogen (secondary N) is 2. The number of rotatable bonds is 8. The fraction of sp³-hybridized carbons (Fsp3) is 0.786. The summed E-state index contributed by atoms with van der Waals surface area (Å²) in [5.74, 6) is -0.0625. The number of likely N-dealkylation sites (N-methyl/N-ethyl adjacent to an activating group) is 1. The average molecular weight is 242 g/mol. The van der Waals surface area contributed by atoms with E-state index in [2.05, 4.69) is 31.1 Å². The van der Waals surface area contributed by atoms with Crippen molar-refractivity contribution >= 4 is 5.91 Å². The maximum Gasteiger partial charge on any atom is 0.246 e. The van der Waals surface area contributed by atoms with Crippen LogP contribution in [0, 0.1) is 0 Å². The zero-order chi connectivity index (χ0) is 13.5. The predicted molar refractivity (Wildman–Crippen MR) is 76.2 cm³/mol. The normalized spacial score (nSPS) is 9.18. The summed E-state index contributed by atoms with van der Waals surface area (Å²) in [6.45, 7) is 14.6. The number of carbonyl (C=O) groups is 1. The molecule has 0 saturated carbocycles. The molecule has 2 N–H and O–H groups in total. The van der Waals surface area contributed by atoms with Gasteiger partial charge in [0.05, 0.1) is 0 Å². The Morgan fingerprint density at radius 1 is 1.06 bits per heavy atom. The summed E-state index contributed by atoms with van der Waals surface area (Å²) in [4.78, 5) is 10.5.